The Morgan fingerprint density at radius 2 is 2.39 bits per heavy atom. The molecule has 6 nitrogen and oxygen atoms in total. The summed E-state index contributed by atoms with van der Waals surface area (Å²) >= 11 is 2.51. The van der Waals surface area contributed by atoms with Crippen LogP contribution in [0.1, 0.15) is 17.3 Å². The van der Waals surface area contributed by atoms with Crippen molar-refractivity contribution in [3.63, 3.8) is 0 Å². The lowest BCUT2D eigenvalue weighted by atomic mass is 10.2. The summed E-state index contributed by atoms with van der Waals surface area (Å²) < 4.78 is 9.52. The van der Waals surface area contributed by atoms with Crippen molar-refractivity contribution in [3.05, 3.63) is 24.2 Å². The molecule has 0 atom stereocenters. The first-order valence-corrected chi connectivity index (χ1v) is 6.67. The van der Waals surface area contributed by atoms with E-state index in [1.807, 2.05) is 0 Å². The van der Waals surface area contributed by atoms with Crippen LogP contribution in [0.4, 0.5) is 5.69 Å². The van der Waals surface area contributed by atoms with Crippen molar-refractivity contribution in [2.45, 2.75) is 16.3 Å². The highest BCUT2D eigenvalue weighted by atomic mass is 32.2. The van der Waals surface area contributed by atoms with Gasteiger partial charge in [-0.2, -0.15) is 4.37 Å². The van der Waals surface area contributed by atoms with Crippen LogP contribution in [-0.2, 0) is 4.74 Å². The maximum absolute atomic E-state index is 11.7. The van der Waals surface area contributed by atoms with Crippen LogP contribution in [0.5, 0.6) is 0 Å². The number of hydrogen-bond donors (Lipinski definition) is 1. The van der Waals surface area contributed by atoms with Gasteiger partial charge in [-0.1, -0.05) is 0 Å². The molecule has 0 fully saturated rings. The zero-order chi connectivity index (χ0) is 13.0. The maximum Gasteiger partial charge on any atom is 0.340 e. The molecule has 18 heavy (non-hydrogen) atoms. The van der Waals surface area contributed by atoms with Crippen molar-refractivity contribution in [2.24, 2.45) is 0 Å². The maximum atomic E-state index is 11.7. The molecule has 0 aliphatic carbocycles. The van der Waals surface area contributed by atoms with E-state index in [-0.39, 0.29) is 0 Å². The smallest absolute Gasteiger partial charge is 0.340 e. The minimum atomic E-state index is -0.448. The van der Waals surface area contributed by atoms with Gasteiger partial charge in [-0.05, 0) is 36.3 Å². The number of nitrogen functional groups attached to an aromatic ring is 1. The quantitative estimate of drug-likeness (QED) is 0.855. The first-order chi connectivity index (χ1) is 8.72. The van der Waals surface area contributed by atoms with Crippen LogP contribution < -0.4 is 5.73 Å². The number of pyridine rings is 1. The molecule has 0 saturated heterocycles. The fourth-order valence-corrected chi connectivity index (χ4v) is 2.61. The molecule has 2 heterocycles. The zero-order valence-corrected chi connectivity index (χ0v) is 11.1. The third kappa shape index (κ3) is 2.77. The summed E-state index contributed by atoms with van der Waals surface area (Å²) in [6, 6.07) is 1.54. The molecule has 2 N–H and O–H groups in total. The van der Waals surface area contributed by atoms with Crippen molar-refractivity contribution in [1.82, 2.24) is 14.3 Å². The van der Waals surface area contributed by atoms with Gasteiger partial charge in [0.2, 0.25) is 0 Å². The lowest BCUT2D eigenvalue weighted by molar-refractivity contribution is 0.0527. The number of rotatable bonds is 4. The van der Waals surface area contributed by atoms with E-state index in [0.717, 1.165) is 4.34 Å². The van der Waals surface area contributed by atoms with Crippen molar-refractivity contribution in [3.8, 4) is 0 Å². The molecule has 0 aromatic carbocycles. The second-order valence-electron chi connectivity index (χ2n) is 3.11. The Bertz CT molecular complexity index is 545. The number of anilines is 1. The van der Waals surface area contributed by atoms with Gasteiger partial charge in [-0.15, -0.1) is 0 Å². The highest BCUT2D eigenvalue weighted by Gasteiger charge is 2.16. The minimum absolute atomic E-state index is 0.302. The SMILES string of the molecule is CCOC(=O)c1ccnc(Sc2ncns2)c1N. The van der Waals surface area contributed by atoms with Crippen molar-refractivity contribution < 1.29 is 9.53 Å². The third-order valence-corrected chi connectivity index (χ3v) is 3.71. The van der Waals surface area contributed by atoms with Crippen molar-refractivity contribution in [2.75, 3.05) is 12.3 Å². The molecule has 2 aromatic rings. The van der Waals surface area contributed by atoms with Crippen LogP contribution in [-0.4, -0.2) is 26.9 Å². The molecule has 0 aliphatic rings. The molecule has 0 aliphatic heterocycles. The van der Waals surface area contributed by atoms with Gasteiger partial charge in [0.1, 0.15) is 11.4 Å². The summed E-state index contributed by atoms with van der Waals surface area (Å²) in [5.41, 5.74) is 6.52. The van der Waals surface area contributed by atoms with Gasteiger partial charge in [-0.25, -0.2) is 14.8 Å². The molecule has 0 saturated carbocycles. The molecule has 0 spiro atoms. The number of nitrogens with two attached hydrogens (primary N) is 1. The highest BCUT2D eigenvalue weighted by molar-refractivity contribution is 8.01. The second kappa shape index (κ2) is 5.78. The number of esters is 1. The van der Waals surface area contributed by atoms with Crippen LogP contribution >= 0.6 is 23.3 Å². The topological polar surface area (TPSA) is 91.0 Å². The van der Waals surface area contributed by atoms with Gasteiger partial charge in [0.15, 0.2) is 4.34 Å². The van der Waals surface area contributed by atoms with Crippen LogP contribution in [0, 0.1) is 0 Å². The highest BCUT2D eigenvalue weighted by Crippen LogP contribution is 2.32. The summed E-state index contributed by atoms with van der Waals surface area (Å²) in [6.07, 6.45) is 2.98. The lowest BCUT2D eigenvalue weighted by Gasteiger charge is -2.07. The normalized spacial score (nSPS) is 10.3. The molecular weight excluding hydrogens is 272 g/mol. The summed E-state index contributed by atoms with van der Waals surface area (Å²) in [4.78, 5) is 19.8. The third-order valence-electron chi connectivity index (χ3n) is 1.97. The predicted molar refractivity (Wildman–Crippen MR) is 68.6 cm³/mol. The van der Waals surface area contributed by atoms with E-state index in [4.69, 9.17) is 10.5 Å². The number of carbonyl (C=O) groups is 1. The Morgan fingerprint density at radius 3 is 3.06 bits per heavy atom. The van der Waals surface area contributed by atoms with Crippen LogP contribution in [0.25, 0.3) is 0 Å². The minimum Gasteiger partial charge on any atom is -0.462 e. The van der Waals surface area contributed by atoms with Gasteiger partial charge in [-0.3, -0.25) is 0 Å². The Balaban J connectivity index is 2.27. The van der Waals surface area contributed by atoms with Gasteiger partial charge < -0.3 is 10.5 Å². The largest absolute Gasteiger partial charge is 0.462 e. The molecule has 2 aromatic heterocycles. The van der Waals surface area contributed by atoms with E-state index >= 15 is 0 Å². The van der Waals surface area contributed by atoms with E-state index in [0.29, 0.717) is 22.9 Å². The Hall–Kier alpha value is -1.67. The number of carbonyl (C=O) groups excluding carboxylic acids is 1. The fourth-order valence-electron chi connectivity index (χ4n) is 1.21. The Labute approximate surface area is 112 Å². The average Bonchev–Trinajstić information content (AvgIpc) is 2.85. The molecule has 8 heteroatoms. The number of ether oxygens (including phenoxy) is 1. The van der Waals surface area contributed by atoms with E-state index in [1.165, 1.54) is 41.9 Å². The fraction of sp³-hybridized carbons (Fsp3) is 0.200. The first-order valence-electron chi connectivity index (χ1n) is 5.08. The summed E-state index contributed by atoms with van der Waals surface area (Å²) in [5, 5.41) is 0.525. The molecule has 2 rings (SSSR count). The predicted octanol–water partition coefficient (Wildman–Crippen LogP) is 1.84. The van der Waals surface area contributed by atoms with E-state index in [2.05, 4.69) is 14.3 Å². The monoisotopic (exact) mass is 282 g/mol. The van der Waals surface area contributed by atoms with E-state index in [9.17, 15) is 4.79 Å². The van der Waals surface area contributed by atoms with E-state index in [1.54, 1.807) is 6.92 Å². The van der Waals surface area contributed by atoms with E-state index < -0.39 is 5.97 Å². The molecule has 0 bridgehead atoms. The molecular formula is C10H10N4O2S2. The summed E-state index contributed by atoms with van der Waals surface area (Å²) in [5.74, 6) is -0.448. The van der Waals surface area contributed by atoms with Gasteiger partial charge in [0.25, 0.3) is 0 Å². The molecule has 94 valence electrons. The second-order valence-corrected chi connectivity index (χ2v) is 5.12. The van der Waals surface area contributed by atoms with Crippen LogP contribution in [0.15, 0.2) is 28.0 Å². The lowest BCUT2D eigenvalue weighted by Crippen LogP contribution is -2.09. The van der Waals surface area contributed by atoms with Gasteiger partial charge >= 0.3 is 5.97 Å². The number of aromatic nitrogens is 3. The Morgan fingerprint density at radius 1 is 1.56 bits per heavy atom. The molecule has 0 unspecified atom stereocenters. The molecule has 0 amide bonds. The zero-order valence-electron chi connectivity index (χ0n) is 9.49. The number of nitrogens with zero attached hydrogens (tertiary/aromatic N) is 3. The molecule has 0 radical (unpaired) electrons. The van der Waals surface area contributed by atoms with Crippen LogP contribution in [0.2, 0.25) is 0 Å². The number of hydrogen-bond acceptors (Lipinski definition) is 8. The summed E-state index contributed by atoms with van der Waals surface area (Å²) in [7, 11) is 0. The van der Waals surface area contributed by atoms with Crippen LogP contribution in [0.3, 0.4) is 0 Å². The standard InChI is InChI=1S/C10H10N4O2S2/c1-2-16-9(15)6-3-4-12-8(7(6)11)17-10-13-5-14-18-10/h3-5H,2,11H2,1H3. The van der Waals surface area contributed by atoms with Gasteiger partial charge in [0, 0.05) is 6.20 Å². The average molecular weight is 282 g/mol. The summed E-state index contributed by atoms with van der Waals surface area (Å²) in [6.45, 7) is 2.05. The van der Waals surface area contributed by atoms with Crippen molar-refractivity contribution >= 4 is 35.0 Å². The van der Waals surface area contributed by atoms with Crippen molar-refractivity contribution in [1.29, 1.82) is 0 Å². The Kier molecular flexibility index (Phi) is 4.11. The first kappa shape index (κ1) is 12.8. The van der Waals surface area contributed by atoms with Gasteiger partial charge in [0.05, 0.1) is 17.9 Å².